The Morgan fingerprint density at radius 1 is 0.889 bits per heavy atom. The first kappa shape index (κ1) is 26.1. The molecule has 1 atom stereocenters. The average Bonchev–Trinajstić information content (AvgIpc) is 3.24. The molecule has 3 aromatic carbocycles. The molecule has 3 nitrogen and oxygen atoms in total. The number of fused-ring (bicyclic) bond motifs is 2. The molecule has 2 aliphatic rings. The zero-order chi connectivity index (χ0) is 24.4. The van der Waals surface area contributed by atoms with Crippen molar-refractivity contribution in [2.75, 3.05) is 0 Å². The number of aromatic nitrogens is 1. The van der Waals surface area contributed by atoms with Crippen LogP contribution in [0.2, 0.25) is 0 Å². The van der Waals surface area contributed by atoms with Crippen LogP contribution in [0.3, 0.4) is 0 Å². The zero-order valence-electron chi connectivity index (χ0n) is 20.8. The SMILES string of the molecule is Cc1[c-]c(-c2[c-]c3ccccc3n2-c2ccccc2)cc(C)c1.O=C1CCCC2CCCC(O)=C12.[Ir]. The molecule has 36 heavy (non-hydrogen) atoms. The number of ketones is 1. The first-order chi connectivity index (χ1) is 17.0. The van der Waals surface area contributed by atoms with Gasteiger partial charge in [0.15, 0.2) is 5.78 Å². The van der Waals surface area contributed by atoms with Crippen molar-refractivity contribution in [3.8, 4) is 16.9 Å². The minimum Gasteiger partial charge on any atom is -0.512 e. The van der Waals surface area contributed by atoms with E-state index in [0.29, 0.717) is 18.1 Å². The molecule has 2 aliphatic carbocycles. The van der Waals surface area contributed by atoms with E-state index in [4.69, 9.17) is 0 Å². The van der Waals surface area contributed by atoms with Gasteiger partial charge in [0.1, 0.15) is 0 Å². The van der Waals surface area contributed by atoms with Gasteiger partial charge in [-0.3, -0.25) is 4.79 Å². The van der Waals surface area contributed by atoms with Gasteiger partial charge in [0.25, 0.3) is 0 Å². The van der Waals surface area contributed by atoms with Gasteiger partial charge in [-0.15, -0.1) is 40.4 Å². The molecule has 4 aromatic rings. The number of aryl methyl sites for hydroxylation is 2. The predicted molar refractivity (Wildman–Crippen MR) is 142 cm³/mol. The fourth-order valence-corrected chi connectivity index (χ4v) is 5.49. The molecule has 0 saturated heterocycles. The molecule has 187 valence electrons. The van der Waals surface area contributed by atoms with Crippen molar-refractivity contribution in [1.29, 1.82) is 0 Å². The van der Waals surface area contributed by atoms with Gasteiger partial charge in [-0.2, -0.15) is 18.2 Å². The number of Topliss-reactive ketones (excluding diaryl/α,β-unsaturated/α-hetero) is 1. The molecule has 1 saturated carbocycles. The normalized spacial score (nSPS) is 17.2. The van der Waals surface area contributed by atoms with Crippen LogP contribution in [0.4, 0.5) is 0 Å². The van der Waals surface area contributed by atoms with Crippen molar-refractivity contribution in [2.24, 2.45) is 5.92 Å². The Hall–Kier alpha value is -2.94. The van der Waals surface area contributed by atoms with Crippen molar-refractivity contribution >= 4 is 16.7 Å². The van der Waals surface area contributed by atoms with E-state index in [1.54, 1.807) is 0 Å². The Morgan fingerprint density at radius 2 is 1.58 bits per heavy atom. The molecule has 1 aromatic heterocycles. The summed E-state index contributed by atoms with van der Waals surface area (Å²) in [6.07, 6.45) is 5.64. The van der Waals surface area contributed by atoms with Gasteiger partial charge in [0.05, 0.1) is 5.76 Å². The molecule has 1 heterocycles. The first-order valence-electron chi connectivity index (χ1n) is 12.6. The minimum atomic E-state index is 0. The van der Waals surface area contributed by atoms with Crippen LogP contribution in [-0.4, -0.2) is 15.5 Å². The monoisotopic (exact) mass is 654 g/mol. The molecule has 0 spiro atoms. The molecule has 0 bridgehead atoms. The molecular formula is C32H31IrNO2-2. The number of hydrogen-bond acceptors (Lipinski definition) is 2. The molecule has 1 unspecified atom stereocenters. The number of hydrogen-bond donors (Lipinski definition) is 1. The quantitative estimate of drug-likeness (QED) is 0.224. The number of allylic oxidation sites excluding steroid dienone is 2. The van der Waals surface area contributed by atoms with Crippen LogP contribution in [-0.2, 0) is 24.9 Å². The molecular weight excluding hydrogens is 623 g/mol. The third-order valence-electron chi connectivity index (χ3n) is 6.98. The second kappa shape index (κ2) is 11.4. The van der Waals surface area contributed by atoms with Crippen molar-refractivity contribution in [1.82, 2.24) is 4.57 Å². The average molecular weight is 654 g/mol. The van der Waals surface area contributed by atoms with E-state index in [1.165, 1.54) is 11.1 Å². The molecule has 4 heteroatoms. The number of rotatable bonds is 2. The molecule has 1 radical (unpaired) electrons. The maximum Gasteiger partial charge on any atom is 0.162 e. The van der Waals surface area contributed by atoms with E-state index in [-0.39, 0.29) is 25.9 Å². The fourth-order valence-electron chi connectivity index (χ4n) is 5.49. The smallest absolute Gasteiger partial charge is 0.162 e. The molecule has 0 amide bonds. The summed E-state index contributed by atoms with van der Waals surface area (Å²) in [7, 11) is 0. The van der Waals surface area contributed by atoms with Gasteiger partial charge in [0.2, 0.25) is 0 Å². The largest absolute Gasteiger partial charge is 0.512 e. The summed E-state index contributed by atoms with van der Waals surface area (Å²) >= 11 is 0. The van der Waals surface area contributed by atoms with Crippen molar-refractivity contribution in [3.05, 3.63) is 101 Å². The fraction of sp³-hybridized carbons (Fsp3) is 0.281. The van der Waals surface area contributed by atoms with Gasteiger partial charge in [-0.1, -0.05) is 44.2 Å². The maximum absolute atomic E-state index is 11.4. The molecule has 1 N–H and O–H groups in total. The maximum atomic E-state index is 11.4. The Kier molecular flexibility index (Phi) is 8.28. The van der Waals surface area contributed by atoms with Gasteiger partial charge in [-0.05, 0) is 49.3 Å². The second-order valence-corrected chi connectivity index (χ2v) is 9.68. The van der Waals surface area contributed by atoms with Crippen LogP contribution in [0.25, 0.3) is 27.8 Å². The number of aliphatic hydroxyl groups is 1. The van der Waals surface area contributed by atoms with Crippen molar-refractivity contribution < 1.29 is 30.0 Å². The van der Waals surface area contributed by atoms with E-state index in [0.717, 1.165) is 65.6 Å². The number of carbonyl (C=O) groups excluding carboxylic acids is 1. The van der Waals surface area contributed by atoms with Crippen LogP contribution in [0, 0.1) is 31.9 Å². The van der Waals surface area contributed by atoms with Crippen LogP contribution < -0.4 is 0 Å². The number of aliphatic hydroxyl groups excluding tert-OH is 1. The van der Waals surface area contributed by atoms with E-state index >= 15 is 0 Å². The second-order valence-electron chi connectivity index (χ2n) is 9.68. The number of carbonyl (C=O) groups is 1. The summed E-state index contributed by atoms with van der Waals surface area (Å²) in [5.41, 5.74) is 7.63. The minimum absolute atomic E-state index is 0. The van der Waals surface area contributed by atoms with Crippen molar-refractivity contribution in [3.63, 3.8) is 0 Å². The van der Waals surface area contributed by atoms with Gasteiger partial charge >= 0.3 is 0 Å². The predicted octanol–water partition coefficient (Wildman–Crippen LogP) is 7.86. The number of nitrogens with zero attached hydrogens (tertiary/aromatic N) is 1. The van der Waals surface area contributed by atoms with Crippen LogP contribution in [0.1, 0.15) is 49.7 Å². The Morgan fingerprint density at radius 3 is 2.31 bits per heavy atom. The summed E-state index contributed by atoms with van der Waals surface area (Å²) in [5, 5.41) is 10.7. The molecule has 1 fully saturated rings. The van der Waals surface area contributed by atoms with Gasteiger partial charge < -0.3 is 9.67 Å². The van der Waals surface area contributed by atoms with Crippen LogP contribution >= 0.6 is 0 Å². The Balaban J connectivity index is 0.000000198. The first-order valence-corrected chi connectivity index (χ1v) is 12.6. The summed E-state index contributed by atoms with van der Waals surface area (Å²) in [5.74, 6) is 0.972. The third kappa shape index (κ3) is 5.40. The van der Waals surface area contributed by atoms with E-state index in [2.05, 4.69) is 91.2 Å². The topological polar surface area (TPSA) is 42.2 Å². The zero-order valence-corrected chi connectivity index (χ0v) is 23.2. The van der Waals surface area contributed by atoms with E-state index in [9.17, 15) is 9.90 Å². The summed E-state index contributed by atoms with van der Waals surface area (Å²) < 4.78 is 2.26. The van der Waals surface area contributed by atoms with Gasteiger partial charge in [-0.25, -0.2) is 5.56 Å². The van der Waals surface area contributed by atoms with Crippen molar-refractivity contribution in [2.45, 2.75) is 52.4 Å². The Labute approximate surface area is 227 Å². The molecule has 6 rings (SSSR count). The summed E-state index contributed by atoms with van der Waals surface area (Å²) in [6, 6.07) is 30.2. The molecule has 0 aliphatic heterocycles. The Bertz CT molecular complexity index is 1380. The standard InChI is InChI=1S/C22H17N.C10H14O2.Ir/c1-16-12-17(2)14-19(13-16)22-15-18-8-6-7-11-21(18)23(22)20-9-4-3-5-10-20;11-8-5-1-3-7-4-2-6-9(12)10(7)8;/h3-13H,1-2H3;7,11H,1-6H2;/q-2;;. The number of para-hydroxylation sites is 2. The van der Waals surface area contributed by atoms with Crippen LogP contribution in [0.15, 0.2) is 78.1 Å². The third-order valence-corrected chi connectivity index (χ3v) is 6.98. The summed E-state index contributed by atoms with van der Waals surface area (Å²) in [4.78, 5) is 11.4. The number of benzene rings is 3. The van der Waals surface area contributed by atoms with Crippen LogP contribution in [0.5, 0.6) is 0 Å². The summed E-state index contributed by atoms with van der Waals surface area (Å²) in [6.45, 7) is 4.21. The van der Waals surface area contributed by atoms with E-state index < -0.39 is 0 Å². The van der Waals surface area contributed by atoms with E-state index in [1.807, 2.05) is 6.07 Å². The van der Waals surface area contributed by atoms with Gasteiger partial charge in [0, 0.05) is 44.2 Å².